The Hall–Kier alpha value is -0.550. The Kier molecular flexibility index (Phi) is 5.49. The maximum Gasteiger partial charge on any atom is 0.120 e. The first kappa shape index (κ1) is 15.8. The van der Waals surface area contributed by atoms with Crippen molar-refractivity contribution in [3.05, 3.63) is 61.5 Å². The summed E-state index contributed by atoms with van der Waals surface area (Å²) in [6.07, 6.45) is 0. The second-order valence-corrected chi connectivity index (χ2v) is 6.38. The van der Waals surface area contributed by atoms with Crippen molar-refractivity contribution < 1.29 is 4.74 Å². The zero-order valence-electron chi connectivity index (χ0n) is 10.9. The van der Waals surface area contributed by atoms with Crippen LogP contribution < -0.4 is 10.5 Å². The summed E-state index contributed by atoms with van der Waals surface area (Å²) in [5.41, 5.74) is 8.32. The van der Waals surface area contributed by atoms with E-state index in [2.05, 4.69) is 31.9 Å². The number of ether oxygens (including phenoxy) is 1. The predicted octanol–water partition coefficient (Wildman–Crippen LogP) is 5.31. The van der Waals surface area contributed by atoms with Gasteiger partial charge in [-0.05, 0) is 58.2 Å². The van der Waals surface area contributed by atoms with Crippen LogP contribution in [0.15, 0.2) is 45.3 Å². The number of hydrogen-bond acceptors (Lipinski definition) is 2. The summed E-state index contributed by atoms with van der Waals surface area (Å²) in [7, 11) is 0. The van der Waals surface area contributed by atoms with E-state index < -0.39 is 0 Å². The standard InChI is InChI=1S/C15H14Br2ClNO/c1-2-20-10-4-5-11(12(16)8-10)15(19)9-3-6-14(18)13(17)7-9/h3-8,15H,2,19H2,1H3. The SMILES string of the molecule is CCOc1ccc(C(N)c2ccc(Cl)c(Br)c2)c(Br)c1. The molecule has 5 heteroatoms. The topological polar surface area (TPSA) is 35.2 Å². The summed E-state index contributed by atoms with van der Waals surface area (Å²) in [6, 6.07) is 11.3. The molecule has 1 unspecified atom stereocenters. The first-order valence-corrected chi connectivity index (χ1v) is 8.12. The number of hydrogen-bond donors (Lipinski definition) is 1. The Labute approximate surface area is 140 Å². The molecule has 2 nitrogen and oxygen atoms in total. The van der Waals surface area contributed by atoms with E-state index in [1.54, 1.807) is 0 Å². The number of benzene rings is 2. The second kappa shape index (κ2) is 6.94. The Morgan fingerprint density at radius 3 is 2.50 bits per heavy atom. The van der Waals surface area contributed by atoms with Gasteiger partial charge in [-0.3, -0.25) is 0 Å². The summed E-state index contributed by atoms with van der Waals surface area (Å²) >= 11 is 13.0. The average molecular weight is 420 g/mol. The van der Waals surface area contributed by atoms with Crippen molar-refractivity contribution in [3.63, 3.8) is 0 Å². The van der Waals surface area contributed by atoms with E-state index in [1.165, 1.54) is 0 Å². The summed E-state index contributed by atoms with van der Waals surface area (Å²) < 4.78 is 7.24. The van der Waals surface area contributed by atoms with Gasteiger partial charge in [0, 0.05) is 8.95 Å². The molecule has 0 radical (unpaired) electrons. The molecular formula is C15H14Br2ClNO. The van der Waals surface area contributed by atoms with Gasteiger partial charge in [-0.25, -0.2) is 0 Å². The van der Waals surface area contributed by atoms with Crippen LogP contribution in [0.3, 0.4) is 0 Å². The van der Waals surface area contributed by atoms with E-state index >= 15 is 0 Å². The lowest BCUT2D eigenvalue weighted by molar-refractivity contribution is 0.340. The second-order valence-electron chi connectivity index (χ2n) is 4.27. The molecule has 2 rings (SSSR count). The van der Waals surface area contributed by atoms with Gasteiger partial charge in [0.15, 0.2) is 0 Å². The number of halogens is 3. The first-order chi connectivity index (χ1) is 9.52. The molecule has 0 aliphatic rings. The van der Waals surface area contributed by atoms with E-state index in [1.807, 2.05) is 43.3 Å². The predicted molar refractivity (Wildman–Crippen MR) is 90.5 cm³/mol. The maximum atomic E-state index is 6.33. The highest BCUT2D eigenvalue weighted by Gasteiger charge is 2.14. The van der Waals surface area contributed by atoms with Crippen molar-refractivity contribution in [2.75, 3.05) is 6.61 Å². The molecule has 0 fully saturated rings. The molecule has 0 amide bonds. The van der Waals surface area contributed by atoms with Gasteiger partial charge < -0.3 is 10.5 Å². The van der Waals surface area contributed by atoms with Gasteiger partial charge in [-0.1, -0.05) is 39.7 Å². The van der Waals surface area contributed by atoms with Gasteiger partial charge in [0.25, 0.3) is 0 Å². The lowest BCUT2D eigenvalue weighted by Gasteiger charge is -2.16. The molecule has 0 saturated carbocycles. The molecule has 0 spiro atoms. The molecule has 0 aliphatic heterocycles. The highest BCUT2D eigenvalue weighted by Crippen LogP contribution is 2.32. The normalized spacial score (nSPS) is 12.2. The summed E-state index contributed by atoms with van der Waals surface area (Å²) in [6.45, 7) is 2.60. The van der Waals surface area contributed by atoms with Crippen molar-refractivity contribution in [1.29, 1.82) is 0 Å². The lowest BCUT2D eigenvalue weighted by Crippen LogP contribution is -2.12. The monoisotopic (exact) mass is 417 g/mol. The Morgan fingerprint density at radius 1 is 1.15 bits per heavy atom. The molecule has 0 aliphatic carbocycles. The van der Waals surface area contributed by atoms with Gasteiger partial charge in [-0.15, -0.1) is 0 Å². The molecule has 0 aromatic heterocycles. The van der Waals surface area contributed by atoms with Gasteiger partial charge in [-0.2, -0.15) is 0 Å². The van der Waals surface area contributed by atoms with Gasteiger partial charge in [0.1, 0.15) is 5.75 Å². The fraction of sp³-hybridized carbons (Fsp3) is 0.200. The minimum atomic E-state index is -0.228. The Morgan fingerprint density at radius 2 is 1.90 bits per heavy atom. The third-order valence-corrected chi connectivity index (χ3v) is 4.82. The van der Waals surface area contributed by atoms with E-state index in [4.69, 9.17) is 22.1 Å². The molecule has 2 aromatic carbocycles. The minimum absolute atomic E-state index is 0.228. The maximum absolute atomic E-state index is 6.33. The van der Waals surface area contributed by atoms with E-state index in [9.17, 15) is 0 Å². The molecule has 0 saturated heterocycles. The molecule has 1 atom stereocenters. The third-order valence-electron chi connectivity index (χ3n) is 2.92. The van der Waals surface area contributed by atoms with Crippen LogP contribution in [0.5, 0.6) is 5.75 Å². The highest BCUT2D eigenvalue weighted by atomic mass is 79.9. The van der Waals surface area contributed by atoms with Crippen LogP contribution in [0.4, 0.5) is 0 Å². The van der Waals surface area contributed by atoms with Gasteiger partial charge in [0.2, 0.25) is 0 Å². The smallest absolute Gasteiger partial charge is 0.120 e. The molecular weight excluding hydrogens is 405 g/mol. The van der Waals surface area contributed by atoms with Crippen LogP contribution in [0, 0.1) is 0 Å². The van der Waals surface area contributed by atoms with Crippen molar-refractivity contribution in [2.45, 2.75) is 13.0 Å². The zero-order valence-corrected chi connectivity index (χ0v) is 14.8. The summed E-state index contributed by atoms with van der Waals surface area (Å²) in [5.74, 6) is 0.826. The Balaban J connectivity index is 2.32. The zero-order chi connectivity index (χ0) is 14.7. The highest BCUT2D eigenvalue weighted by molar-refractivity contribution is 9.10. The number of rotatable bonds is 4. The van der Waals surface area contributed by atoms with Crippen molar-refractivity contribution >= 4 is 43.5 Å². The van der Waals surface area contributed by atoms with Crippen molar-refractivity contribution in [2.24, 2.45) is 5.73 Å². The molecule has 2 aromatic rings. The van der Waals surface area contributed by atoms with Gasteiger partial charge in [0.05, 0.1) is 17.7 Å². The quantitative estimate of drug-likeness (QED) is 0.729. The van der Waals surface area contributed by atoms with Crippen molar-refractivity contribution in [1.82, 2.24) is 0 Å². The molecule has 2 N–H and O–H groups in total. The molecule has 0 heterocycles. The first-order valence-electron chi connectivity index (χ1n) is 6.15. The molecule has 106 valence electrons. The molecule has 20 heavy (non-hydrogen) atoms. The fourth-order valence-electron chi connectivity index (χ4n) is 1.90. The van der Waals surface area contributed by atoms with Crippen LogP contribution in [0.25, 0.3) is 0 Å². The van der Waals surface area contributed by atoms with Crippen molar-refractivity contribution in [3.8, 4) is 5.75 Å². The van der Waals surface area contributed by atoms with Crippen LogP contribution in [0.2, 0.25) is 5.02 Å². The number of nitrogens with two attached hydrogens (primary N) is 1. The minimum Gasteiger partial charge on any atom is -0.494 e. The van der Waals surface area contributed by atoms with E-state index in [-0.39, 0.29) is 6.04 Å². The van der Waals surface area contributed by atoms with E-state index in [0.29, 0.717) is 11.6 Å². The largest absolute Gasteiger partial charge is 0.494 e. The van der Waals surface area contributed by atoms with Crippen LogP contribution in [0.1, 0.15) is 24.1 Å². The average Bonchev–Trinajstić information content (AvgIpc) is 2.42. The summed E-state index contributed by atoms with van der Waals surface area (Å²) in [4.78, 5) is 0. The molecule has 0 bridgehead atoms. The van der Waals surface area contributed by atoms with E-state index in [0.717, 1.165) is 25.8 Å². The van der Waals surface area contributed by atoms with Crippen LogP contribution in [-0.4, -0.2) is 6.61 Å². The van der Waals surface area contributed by atoms with Crippen LogP contribution >= 0.6 is 43.5 Å². The van der Waals surface area contributed by atoms with Crippen LogP contribution in [-0.2, 0) is 0 Å². The summed E-state index contributed by atoms with van der Waals surface area (Å²) in [5, 5.41) is 0.673. The third kappa shape index (κ3) is 3.55. The van der Waals surface area contributed by atoms with Gasteiger partial charge >= 0.3 is 0 Å². The fourth-order valence-corrected chi connectivity index (χ4v) is 3.02. The lowest BCUT2D eigenvalue weighted by atomic mass is 10.00. The Bertz CT molecular complexity index is 619.